The second kappa shape index (κ2) is 12.0. The highest BCUT2D eigenvalue weighted by Gasteiger charge is 2.32. The van der Waals surface area contributed by atoms with Crippen LogP contribution in [0.25, 0.3) is 11.2 Å². The standard InChI is InChI=1S/C18H28N5O8PS/c1-10(23-9-20-12-14(23)21-17(19)22-15(12)26)13(25)11(29-4)7-31-32(28)30-5-6-33-16(27)18(2,3)8-24/h9-11,13,24-25H,5-8H2,1-4H3,(H2-,19,21,22,26)/p+1/t10-,11+,13-/m0/s1. The number of imidazole rings is 1. The zero-order valence-corrected chi connectivity index (χ0v) is 20.5. The summed E-state index contributed by atoms with van der Waals surface area (Å²) >= 11 is 0.968. The SMILES string of the molecule is CO[C@H](CO[P+](=O)OCCSC(=O)C(C)(C)CO)[C@@H](O)[C@H](C)n1cnc2c(=O)[nH]c(N)nc21. The Labute approximate surface area is 195 Å². The van der Waals surface area contributed by atoms with Gasteiger partial charge in [-0.2, -0.15) is 4.98 Å². The number of carbonyl (C=O) groups is 1. The smallest absolute Gasteiger partial charge is 0.395 e. The third kappa shape index (κ3) is 7.03. The average Bonchev–Trinajstić information content (AvgIpc) is 3.20. The molecule has 0 fully saturated rings. The van der Waals surface area contributed by atoms with E-state index in [1.807, 2.05) is 0 Å². The van der Waals surface area contributed by atoms with Crippen molar-refractivity contribution in [1.82, 2.24) is 19.5 Å². The molecule has 0 aliphatic carbocycles. The fraction of sp³-hybridized carbons (Fsp3) is 0.667. The van der Waals surface area contributed by atoms with Crippen LogP contribution in [-0.2, 0) is 23.1 Å². The summed E-state index contributed by atoms with van der Waals surface area (Å²) in [5.41, 5.74) is 4.50. The van der Waals surface area contributed by atoms with E-state index in [9.17, 15) is 24.4 Å². The number of H-pyrrole nitrogens is 1. The van der Waals surface area contributed by atoms with Crippen molar-refractivity contribution >= 4 is 42.2 Å². The summed E-state index contributed by atoms with van der Waals surface area (Å²) in [5, 5.41) is 19.7. The van der Waals surface area contributed by atoms with E-state index in [-0.39, 0.29) is 47.8 Å². The minimum Gasteiger partial charge on any atom is -0.395 e. The number of fused-ring (bicyclic) bond motifs is 1. The van der Waals surface area contributed by atoms with Gasteiger partial charge in [0.25, 0.3) is 5.56 Å². The Kier molecular flexibility index (Phi) is 9.91. The molecule has 0 spiro atoms. The topological polar surface area (TPSA) is 192 Å². The highest BCUT2D eigenvalue weighted by Crippen LogP contribution is 2.28. The first-order valence-corrected chi connectivity index (χ1v) is 12.0. The number of hydrogen-bond acceptors (Lipinski definition) is 12. The van der Waals surface area contributed by atoms with Gasteiger partial charge in [0, 0.05) is 17.4 Å². The number of aromatic amines is 1. The van der Waals surface area contributed by atoms with Crippen molar-refractivity contribution in [2.24, 2.45) is 5.41 Å². The number of nitrogens with two attached hydrogens (primary N) is 1. The fourth-order valence-corrected chi connectivity index (χ4v) is 4.21. The molecule has 0 aromatic carbocycles. The number of thioether (sulfide) groups is 1. The Bertz CT molecular complexity index is 1030. The Hall–Kier alpha value is -1.93. The molecule has 4 atom stereocenters. The van der Waals surface area contributed by atoms with Gasteiger partial charge in [-0.1, -0.05) is 11.8 Å². The number of ether oxygens (including phenoxy) is 1. The highest BCUT2D eigenvalue weighted by atomic mass is 32.2. The number of aliphatic hydroxyl groups is 2. The van der Waals surface area contributed by atoms with Crippen LogP contribution < -0.4 is 11.3 Å². The molecule has 1 unspecified atom stereocenters. The van der Waals surface area contributed by atoms with Crippen molar-refractivity contribution in [2.45, 2.75) is 39.0 Å². The van der Waals surface area contributed by atoms with E-state index in [0.717, 1.165) is 11.8 Å². The van der Waals surface area contributed by atoms with E-state index in [1.165, 1.54) is 18.0 Å². The van der Waals surface area contributed by atoms with Crippen LogP contribution in [-0.4, -0.2) is 79.7 Å². The number of aromatic nitrogens is 4. The number of carbonyl (C=O) groups excluding carboxylic acids is 1. The first-order valence-electron chi connectivity index (χ1n) is 9.96. The number of hydrogen-bond donors (Lipinski definition) is 4. The lowest BCUT2D eigenvalue weighted by molar-refractivity contribution is -0.119. The lowest BCUT2D eigenvalue weighted by atomic mass is 9.97. The Morgan fingerprint density at radius 2 is 2.12 bits per heavy atom. The third-order valence-electron chi connectivity index (χ3n) is 4.87. The maximum Gasteiger partial charge on any atom is 0.697 e. The van der Waals surface area contributed by atoms with Gasteiger partial charge in [-0.15, -0.1) is 9.05 Å². The zero-order valence-electron chi connectivity index (χ0n) is 18.8. The van der Waals surface area contributed by atoms with Gasteiger partial charge in [0.2, 0.25) is 5.95 Å². The van der Waals surface area contributed by atoms with E-state index < -0.39 is 37.5 Å². The van der Waals surface area contributed by atoms with Crippen molar-refractivity contribution < 1.29 is 33.4 Å². The molecule has 0 saturated heterocycles. The number of nitrogens with one attached hydrogen (secondary N) is 1. The van der Waals surface area contributed by atoms with Crippen molar-refractivity contribution in [2.75, 3.05) is 38.4 Å². The molecule has 0 radical (unpaired) electrons. The van der Waals surface area contributed by atoms with Crippen LogP contribution in [0, 0.1) is 5.41 Å². The summed E-state index contributed by atoms with van der Waals surface area (Å²) < 4.78 is 29.0. The van der Waals surface area contributed by atoms with Crippen LogP contribution >= 0.6 is 20.0 Å². The predicted molar refractivity (Wildman–Crippen MR) is 122 cm³/mol. The van der Waals surface area contributed by atoms with E-state index in [1.54, 1.807) is 20.8 Å². The molecule has 184 valence electrons. The largest absolute Gasteiger partial charge is 0.697 e. The molecule has 0 bridgehead atoms. The van der Waals surface area contributed by atoms with Crippen molar-refractivity contribution in [3.05, 3.63) is 16.7 Å². The quantitative estimate of drug-likeness (QED) is 0.219. The second-order valence-electron chi connectivity index (χ2n) is 7.81. The van der Waals surface area contributed by atoms with Crippen LogP contribution in [0.4, 0.5) is 5.95 Å². The van der Waals surface area contributed by atoms with Gasteiger partial charge in [0.15, 0.2) is 16.3 Å². The van der Waals surface area contributed by atoms with Gasteiger partial charge >= 0.3 is 8.25 Å². The van der Waals surface area contributed by atoms with Crippen LogP contribution in [0.2, 0.25) is 0 Å². The van der Waals surface area contributed by atoms with Crippen LogP contribution in [0.15, 0.2) is 11.1 Å². The van der Waals surface area contributed by atoms with Crippen LogP contribution in [0.3, 0.4) is 0 Å². The van der Waals surface area contributed by atoms with Crippen LogP contribution in [0.1, 0.15) is 26.8 Å². The summed E-state index contributed by atoms with van der Waals surface area (Å²) in [7, 11) is -1.16. The monoisotopic (exact) mass is 506 g/mol. The molecule has 2 heterocycles. The minimum absolute atomic E-state index is 0.00755. The molecular formula is C18H29N5O8PS+. The molecule has 2 rings (SSSR count). The molecular weight excluding hydrogens is 477 g/mol. The summed E-state index contributed by atoms with van der Waals surface area (Å²) in [5.74, 6) is 0.153. The summed E-state index contributed by atoms with van der Waals surface area (Å²) in [6.45, 7) is 4.38. The molecule has 0 aliphatic rings. The summed E-state index contributed by atoms with van der Waals surface area (Å²) in [4.78, 5) is 34.3. The summed E-state index contributed by atoms with van der Waals surface area (Å²) in [6, 6.07) is -0.645. The fourth-order valence-electron chi connectivity index (χ4n) is 2.70. The predicted octanol–water partition coefficient (Wildman–Crippen LogP) is 0.608. The lowest BCUT2D eigenvalue weighted by Crippen LogP contribution is -2.38. The van der Waals surface area contributed by atoms with Crippen molar-refractivity contribution in [3.63, 3.8) is 0 Å². The van der Waals surface area contributed by atoms with E-state index in [0.29, 0.717) is 0 Å². The van der Waals surface area contributed by atoms with Gasteiger partial charge in [0.05, 0.1) is 24.4 Å². The number of aliphatic hydroxyl groups excluding tert-OH is 2. The lowest BCUT2D eigenvalue weighted by Gasteiger charge is -2.26. The molecule has 2 aromatic heterocycles. The third-order valence-corrected chi connectivity index (χ3v) is 6.81. The number of nitrogen functional groups attached to an aromatic ring is 1. The van der Waals surface area contributed by atoms with Crippen molar-refractivity contribution in [1.29, 1.82) is 0 Å². The zero-order chi connectivity index (χ0) is 24.8. The van der Waals surface area contributed by atoms with E-state index in [4.69, 9.17) is 19.5 Å². The number of rotatable bonds is 13. The normalized spacial score (nSPS) is 15.4. The number of anilines is 1. The maximum atomic E-state index is 12.0. The highest BCUT2D eigenvalue weighted by molar-refractivity contribution is 8.13. The minimum atomic E-state index is -2.52. The molecule has 0 aliphatic heterocycles. The molecule has 2 aromatic rings. The second-order valence-corrected chi connectivity index (χ2v) is 9.84. The Morgan fingerprint density at radius 1 is 1.42 bits per heavy atom. The van der Waals surface area contributed by atoms with Gasteiger partial charge in [-0.3, -0.25) is 14.6 Å². The maximum absolute atomic E-state index is 12.0. The van der Waals surface area contributed by atoms with E-state index >= 15 is 0 Å². The van der Waals surface area contributed by atoms with Crippen LogP contribution in [0.5, 0.6) is 0 Å². The van der Waals surface area contributed by atoms with Gasteiger partial charge in [-0.05, 0) is 20.8 Å². The molecule has 5 N–H and O–H groups in total. The average molecular weight is 506 g/mol. The first-order chi connectivity index (χ1) is 15.5. The van der Waals surface area contributed by atoms with Gasteiger partial charge < -0.3 is 25.3 Å². The molecule has 13 nitrogen and oxygen atoms in total. The first kappa shape index (κ1) is 27.3. The van der Waals surface area contributed by atoms with E-state index in [2.05, 4.69) is 15.0 Å². The van der Waals surface area contributed by atoms with Gasteiger partial charge in [0.1, 0.15) is 25.4 Å². The molecule has 0 saturated carbocycles. The Balaban J connectivity index is 1.88. The molecule has 15 heteroatoms. The molecule has 0 amide bonds. The molecule has 33 heavy (non-hydrogen) atoms. The number of methoxy groups -OCH3 is 1. The Morgan fingerprint density at radius 3 is 2.76 bits per heavy atom. The summed E-state index contributed by atoms with van der Waals surface area (Å²) in [6.07, 6.45) is -0.679. The number of nitrogens with zero attached hydrogens (tertiary/aromatic N) is 3. The van der Waals surface area contributed by atoms with Gasteiger partial charge in [-0.25, -0.2) is 4.98 Å². The van der Waals surface area contributed by atoms with Crippen molar-refractivity contribution in [3.8, 4) is 0 Å².